The highest BCUT2D eigenvalue weighted by Crippen LogP contribution is 2.28. The van der Waals surface area contributed by atoms with Crippen molar-refractivity contribution in [3.8, 4) is 5.75 Å². The van der Waals surface area contributed by atoms with Gasteiger partial charge in [-0.25, -0.2) is 14.2 Å². The van der Waals surface area contributed by atoms with E-state index in [2.05, 4.69) is 10.3 Å². The Morgan fingerprint density at radius 3 is 2.87 bits per heavy atom. The van der Waals surface area contributed by atoms with Crippen LogP contribution in [0.3, 0.4) is 0 Å². The summed E-state index contributed by atoms with van der Waals surface area (Å²) in [6.45, 7) is 5.72. The lowest BCUT2D eigenvalue weighted by Gasteiger charge is -2.26. The molecule has 0 saturated carbocycles. The van der Waals surface area contributed by atoms with Crippen LogP contribution in [0, 0.1) is 0 Å². The summed E-state index contributed by atoms with van der Waals surface area (Å²) in [4.78, 5) is 30.3. The molecule has 1 aliphatic rings. The monoisotopic (exact) mass is 433 g/mol. The Morgan fingerprint density at radius 1 is 1.40 bits per heavy atom. The molecular weight excluding hydrogens is 409 g/mol. The number of anilines is 1. The molecular formula is C21H24FN3O4S. The zero-order valence-corrected chi connectivity index (χ0v) is 17.9. The van der Waals surface area contributed by atoms with E-state index in [9.17, 15) is 14.0 Å². The fourth-order valence-electron chi connectivity index (χ4n) is 2.88. The normalized spacial score (nSPS) is 14.3. The molecule has 0 bridgehead atoms. The number of rotatable bonds is 6. The fourth-order valence-corrected chi connectivity index (χ4v) is 3.55. The van der Waals surface area contributed by atoms with Crippen molar-refractivity contribution in [3.63, 3.8) is 0 Å². The van der Waals surface area contributed by atoms with Crippen molar-refractivity contribution < 1.29 is 23.5 Å². The van der Waals surface area contributed by atoms with E-state index in [1.807, 2.05) is 5.38 Å². The zero-order chi connectivity index (χ0) is 21.7. The third-order valence-electron chi connectivity index (χ3n) is 4.24. The van der Waals surface area contributed by atoms with Crippen molar-refractivity contribution in [2.75, 3.05) is 24.6 Å². The lowest BCUT2D eigenvalue weighted by atomic mass is 9.99. The third kappa shape index (κ3) is 5.56. The highest BCUT2D eigenvalue weighted by molar-refractivity contribution is 7.13. The highest BCUT2D eigenvalue weighted by Gasteiger charge is 2.27. The maximum atomic E-state index is 13.2. The molecule has 1 aromatic carbocycles. The predicted octanol–water partition coefficient (Wildman–Crippen LogP) is 4.10. The molecule has 1 aliphatic heterocycles. The van der Waals surface area contributed by atoms with Crippen LogP contribution in [-0.4, -0.2) is 42.3 Å². The number of ether oxygens (including phenoxy) is 2. The van der Waals surface area contributed by atoms with Crippen LogP contribution in [0.2, 0.25) is 0 Å². The quantitative estimate of drug-likeness (QED) is 0.742. The molecule has 0 atom stereocenters. The van der Waals surface area contributed by atoms with Gasteiger partial charge in [0.25, 0.3) is 5.91 Å². The molecule has 0 unspecified atom stereocenters. The molecule has 2 aromatic rings. The average molecular weight is 434 g/mol. The van der Waals surface area contributed by atoms with Crippen LogP contribution in [0.5, 0.6) is 5.75 Å². The topological polar surface area (TPSA) is 80.8 Å². The van der Waals surface area contributed by atoms with Crippen LogP contribution in [0.4, 0.5) is 14.3 Å². The van der Waals surface area contributed by atoms with Gasteiger partial charge < -0.3 is 14.8 Å². The van der Waals surface area contributed by atoms with E-state index in [1.54, 1.807) is 50.1 Å². The van der Waals surface area contributed by atoms with Crippen LogP contribution in [0.25, 0.3) is 0 Å². The Bertz CT molecular complexity index is 938. The number of fused-ring (bicyclic) bond motifs is 1. The molecule has 30 heavy (non-hydrogen) atoms. The summed E-state index contributed by atoms with van der Waals surface area (Å²) in [6, 6.07) is 5.19. The minimum absolute atomic E-state index is 0.0301. The summed E-state index contributed by atoms with van der Waals surface area (Å²) < 4.78 is 23.9. The van der Waals surface area contributed by atoms with Gasteiger partial charge in [-0.05, 0) is 51.0 Å². The second-order valence-electron chi connectivity index (χ2n) is 7.75. The second-order valence-corrected chi connectivity index (χ2v) is 8.62. The first kappa shape index (κ1) is 21.8. The van der Waals surface area contributed by atoms with Crippen molar-refractivity contribution in [1.29, 1.82) is 0 Å². The predicted molar refractivity (Wildman–Crippen MR) is 113 cm³/mol. The van der Waals surface area contributed by atoms with Crippen molar-refractivity contribution in [3.05, 3.63) is 52.8 Å². The van der Waals surface area contributed by atoms with Crippen LogP contribution in [0.1, 0.15) is 36.7 Å². The molecule has 0 fully saturated rings. The Morgan fingerprint density at radius 2 is 2.20 bits per heavy atom. The first-order chi connectivity index (χ1) is 14.3. The fraction of sp³-hybridized carbons (Fsp3) is 0.381. The number of hydrogen-bond donors (Lipinski definition) is 1. The Labute approximate surface area is 178 Å². The average Bonchev–Trinajstić information content (AvgIpc) is 3.21. The van der Waals surface area contributed by atoms with Gasteiger partial charge in [0.1, 0.15) is 18.0 Å². The molecule has 3 rings (SSSR count). The number of aromatic nitrogens is 1. The first-order valence-corrected chi connectivity index (χ1v) is 10.4. The van der Waals surface area contributed by atoms with Crippen molar-refractivity contribution >= 4 is 28.5 Å². The summed E-state index contributed by atoms with van der Waals surface area (Å²) in [5.41, 5.74) is 1.11. The molecule has 1 aromatic heterocycles. The number of alkyl carbamates (subject to hydrolysis) is 1. The molecule has 1 N–H and O–H groups in total. The Balaban J connectivity index is 1.57. The van der Waals surface area contributed by atoms with Crippen molar-refractivity contribution in [2.24, 2.45) is 0 Å². The van der Waals surface area contributed by atoms with Gasteiger partial charge in [0.2, 0.25) is 0 Å². The summed E-state index contributed by atoms with van der Waals surface area (Å²) in [5, 5.41) is 5.01. The lowest BCUT2D eigenvalue weighted by molar-refractivity contribution is 0.0531. The van der Waals surface area contributed by atoms with E-state index < -0.39 is 11.7 Å². The van der Waals surface area contributed by atoms with Crippen LogP contribution in [0.15, 0.2) is 41.7 Å². The number of thiazole rings is 1. The van der Waals surface area contributed by atoms with Gasteiger partial charge in [-0.15, -0.1) is 11.3 Å². The van der Waals surface area contributed by atoms with E-state index in [1.165, 1.54) is 11.3 Å². The number of nitrogens with zero attached hydrogens (tertiary/aromatic N) is 2. The smallest absolute Gasteiger partial charge is 0.407 e. The van der Waals surface area contributed by atoms with Crippen molar-refractivity contribution in [2.45, 2.75) is 32.8 Å². The van der Waals surface area contributed by atoms with Gasteiger partial charge in [-0.1, -0.05) is 0 Å². The lowest BCUT2D eigenvalue weighted by Crippen LogP contribution is -2.37. The van der Waals surface area contributed by atoms with Gasteiger partial charge in [-0.3, -0.25) is 9.69 Å². The number of hydrogen-bond acceptors (Lipinski definition) is 6. The number of amides is 2. The maximum Gasteiger partial charge on any atom is 0.407 e. The molecule has 0 spiro atoms. The van der Waals surface area contributed by atoms with E-state index in [-0.39, 0.29) is 24.6 Å². The molecule has 0 radical (unpaired) electrons. The molecule has 7 nitrogen and oxygen atoms in total. The number of carbonyl (C=O) groups is 2. The SMILES string of the molecule is CC(C)(C)OC(=O)NC/C(=C/F)COc1ccc2c(c1)CCN(c1nccs1)C2=O. The van der Waals surface area contributed by atoms with E-state index in [4.69, 9.17) is 9.47 Å². The van der Waals surface area contributed by atoms with Gasteiger partial charge in [0.05, 0.1) is 6.33 Å². The maximum absolute atomic E-state index is 13.2. The van der Waals surface area contributed by atoms with Crippen molar-refractivity contribution in [1.82, 2.24) is 10.3 Å². The van der Waals surface area contributed by atoms with Crippen LogP contribution in [-0.2, 0) is 11.2 Å². The number of halogens is 1. The second kappa shape index (κ2) is 9.25. The summed E-state index contributed by atoms with van der Waals surface area (Å²) in [7, 11) is 0. The largest absolute Gasteiger partial charge is 0.489 e. The van der Waals surface area contributed by atoms with E-state index >= 15 is 0 Å². The molecule has 0 saturated heterocycles. The van der Waals surface area contributed by atoms with Crippen LogP contribution < -0.4 is 15.0 Å². The van der Waals surface area contributed by atoms with Crippen LogP contribution >= 0.6 is 11.3 Å². The van der Waals surface area contributed by atoms with Gasteiger partial charge >= 0.3 is 6.09 Å². The van der Waals surface area contributed by atoms with E-state index in [0.29, 0.717) is 35.7 Å². The minimum atomic E-state index is -0.629. The molecule has 160 valence electrons. The standard InChI is InChI=1S/C21H24FN3O4S/c1-21(2,3)29-20(27)24-12-14(11-22)13-28-16-4-5-17-15(10-16)6-8-25(18(17)26)19-23-7-9-30-19/h4-5,7,9-11H,6,8,12-13H2,1-3H3,(H,24,27)/b14-11-. The Kier molecular flexibility index (Phi) is 6.71. The Hall–Kier alpha value is -2.94. The highest BCUT2D eigenvalue weighted by atomic mass is 32.1. The molecule has 0 aliphatic carbocycles. The van der Waals surface area contributed by atoms with Gasteiger partial charge in [0, 0.05) is 35.8 Å². The van der Waals surface area contributed by atoms with Gasteiger partial charge in [-0.2, -0.15) is 0 Å². The van der Waals surface area contributed by atoms with Gasteiger partial charge in [0.15, 0.2) is 5.13 Å². The molecule has 2 heterocycles. The molecule has 9 heteroatoms. The number of benzene rings is 1. The first-order valence-electron chi connectivity index (χ1n) is 9.49. The number of nitrogens with one attached hydrogen (secondary N) is 1. The molecule has 2 amide bonds. The summed E-state index contributed by atoms with van der Waals surface area (Å²) >= 11 is 1.42. The summed E-state index contributed by atoms with van der Waals surface area (Å²) in [5.74, 6) is 0.435. The van der Waals surface area contributed by atoms with E-state index in [0.717, 1.165) is 5.56 Å². The third-order valence-corrected chi connectivity index (χ3v) is 5.04. The summed E-state index contributed by atoms with van der Waals surface area (Å²) in [6.07, 6.45) is 2.13. The minimum Gasteiger partial charge on any atom is -0.489 e. The zero-order valence-electron chi connectivity index (χ0n) is 17.1. The number of carbonyl (C=O) groups excluding carboxylic acids is 2.